The van der Waals surface area contributed by atoms with E-state index in [0.717, 1.165) is 19.6 Å². The first-order chi connectivity index (χ1) is 8.83. The molecule has 0 fully saturated rings. The van der Waals surface area contributed by atoms with Crippen molar-refractivity contribution in [3.63, 3.8) is 0 Å². The Hall–Kier alpha value is -1.81. The summed E-state index contributed by atoms with van der Waals surface area (Å²) in [6, 6.07) is 10.4. The second-order valence-electron chi connectivity index (χ2n) is 4.22. The number of benzene rings is 1. The lowest BCUT2D eigenvalue weighted by Gasteiger charge is -2.23. The number of anilines is 1. The molecule has 0 aliphatic rings. The van der Waals surface area contributed by atoms with Crippen LogP contribution in [-0.4, -0.2) is 22.9 Å². The maximum Gasteiger partial charge on any atom is 0.0584 e. The smallest absolute Gasteiger partial charge is 0.0584 e. The van der Waals surface area contributed by atoms with Crippen molar-refractivity contribution < 1.29 is 0 Å². The summed E-state index contributed by atoms with van der Waals surface area (Å²) < 4.78 is 1.96. The molecule has 1 aromatic carbocycles. The van der Waals surface area contributed by atoms with Crippen LogP contribution in [0.4, 0.5) is 5.69 Å². The van der Waals surface area contributed by atoms with Crippen molar-refractivity contribution in [3.8, 4) is 0 Å². The molecule has 0 spiro atoms. The van der Waals surface area contributed by atoms with Crippen LogP contribution in [-0.2, 0) is 13.1 Å². The maximum absolute atomic E-state index is 5.61. The summed E-state index contributed by atoms with van der Waals surface area (Å²) in [5.41, 5.74) is 8.01. The molecule has 4 nitrogen and oxygen atoms in total. The normalized spacial score (nSPS) is 10.6. The molecule has 0 aliphatic heterocycles. The minimum Gasteiger partial charge on any atom is -0.370 e. The van der Waals surface area contributed by atoms with Crippen LogP contribution < -0.4 is 10.6 Å². The molecule has 18 heavy (non-hydrogen) atoms. The van der Waals surface area contributed by atoms with Gasteiger partial charge in [-0.15, -0.1) is 0 Å². The summed E-state index contributed by atoms with van der Waals surface area (Å²) in [5.74, 6) is 0. The Morgan fingerprint density at radius 2 is 2.06 bits per heavy atom. The van der Waals surface area contributed by atoms with Gasteiger partial charge in [-0.05, 0) is 30.7 Å². The zero-order chi connectivity index (χ0) is 12.8. The average Bonchev–Trinajstić information content (AvgIpc) is 2.93. The summed E-state index contributed by atoms with van der Waals surface area (Å²) in [6.07, 6.45) is 3.80. The highest BCUT2D eigenvalue weighted by Gasteiger charge is 2.04. The van der Waals surface area contributed by atoms with E-state index in [1.807, 2.05) is 23.1 Å². The highest BCUT2D eigenvalue weighted by molar-refractivity contribution is 5.47. The maximum atomic E-state index is 5.61. The first-order valence-electron chi connectivity index (χ1n) is 6.35. The fourth-order valence-electron chi connectivity index (χ4n) is 1.97. The number of likely N-dealkylation sites (N-methyl/N-ethyl adjacent to an activating group) is 1. The first kappa shape index (κ1) is 12.6. The molecule has 1 aromatic heterocycles. The minimum atomic E-state index is 0.597. The molecule has 0 radical (unpaired) electrons. The molecule has 2 N–H and O–H groups in total. The summed E-state index contributed by atoms with van der Waals surface area (Å²) >= 11 is 0. The van der Waals surface area contributed by atoms with Gasteiger partial charge in [-0.25, -0.2) is 0 Å². The molecule has 4 heteroatoms. The Kier molecular flexibility index (Phi) is 4.36. The SMILES string of the molecule is CCN(CCn1cccn1)c1ccc(CN)cc1. The fourth-order valence-corrected chi connectivity index (χ4v) is 1.97. The Balaban J connectivity index is 1.98. The zero-order valence-electron chi connectivity index (χ0n) is 10.8. The molecule has 0 saturated heterocycles. The van der Waals surface area contributed by atoms with E-state index in [2.05, 4.69) is 41.2 Å². The van der Waals surface area contributed by atoms with Crippen molar-refractivity contribution in [2.45, 2.75) is 20.0 Å². The second-order valence-corrected chi connectivity index (χ2v) is 4.22. The molecule has 0 saturated carbocycles. The number of nitrogens with zero attached hydrogens (tertiary/aromatic N) is 3. The van der Waals surface area contributed by atoms with Crippen molar-refractivity contribution in [1.29, 1.82) is 0 Å². The minimum absolute atomic E-state index is 0.597. The molecular weight excluding hydrogens is 224 g/mol. The third-order valence-electron chi connectivity index (χ3n) is 3.08. The predicted octanol–water partition coefficient (Wildman–Crippen LogP) is 1.87. The quantitative estimate of drug-likeness (QED) is 0.844. The van der Waals surface area contributed by atoms with E-state index in [-0.39, 0.29) is 0 Å². The molecule has 1 heterocycles. The third kappa shape index (κ3) is 3.11. The highest BCUT2D eigenvalue weighted by atomic mass is 15.3. The van der Waals surface area contributed by atoms with Gasteiger partial charge in [-0.2, -0.15) is 5.10 Å². The van der Waals surface area contributed by atoms with Crippen LogP contribution in [0.15, 0.2) is 42.7 Å². The fraction of sp³-hybridized carbons (Fsp3) is 0.357. The van der Waals surface area contributed by atoms with Gasteiger partial charge in [0.1, 0.15) is 0 Å². The molecule has 2 rings (SSSR count). The van der Waals surface area contributed by atoms with E-state index in [1.165, 1.54) is 11.3 Å². The molecule has 0 amide bonds. The Labute approximate surface area is 108 Å². The summed E-state index contributed by atoms with van der Waals surface area (Å²) in [4.78, 5) is 2.34. The number of aromatic nitrogens is 2. The van der Waals surface area contributed by atoms with Crippen LogP contribution in [0.2, 0.25) is 0 Å². The second kappa shape index (κ2) is 6.21. The van der Waals surface area contributed by atoms with Crippen molar-refractivity contribution >= 4 is 5.69 Å². The lowest BCUT2D eigenvalue weighted by atomic mass is 10.2. The van der Waals surface area contributed by atoms with Crippen molar-refractivity contribution in [3.05, 3.63) is 48.3 Å². The lowest BCUT2D eigenvalue weighted by molar-refractivity contribution is 0.600. The number of rotatable bonds is 6. The summed E-state index contributed by atoms with van der Waals surface area (Å²) in [7, 11) is 0. The van der Waals surface area contributed by atoms with Crippen LogP contribution >= 0.6 is 0 Å². The van der Waals surface area contributed by atoms with Crippen LogP contribution in [0.5, 0.6) is 0 Å². The summed E-state index contributed by atoms with van der Waals surface area (Å²) in [6.45, 7) is 5.61. The van der Waals surface area contributed by atoms with E-state index < -0.39 is 0 Å². The van der Waals surface area contributed by atoms with Gasteiger partial charge >= 0.3 is 0 Å². The van der Waals surface area contributed by atoms with Crippen molar-refractivity contribution in [2.24, 2.45) is 5.73 Å². The monoisotopic (exact) mass is 244 g/mol. The van der Waals surface area contributed by atoms with Gasteiger partial charge in [0.15, 0.2) is 0 Å². The van der Waals surface area contributed by atoms with Gasteiger partial charge in [-0.1, -0.05) is 12.1 Å². The van der Waals surface area contributed by atoms with Crippen molar-refractivity contribution in [1.82, 2.24) is 9.78 Å². The van der Waals surface area contributed by atoms with E-state index in [9.17, 15) is 0 Å². The standard InChI is InChI=1S/C14H20N4/c1-2-17(10-11-18-9-3-8-16-18)14-6-4-13(12-15)5-7-14/h3-9H,2,10-12,15H2,1H3. The molecule has 0 bridgehead atoms. The van der Waals surface area contributed by atoms with Gasteiger partial charge in [0.2, 0.25) is 0 Å². The zero-order valence-corrected chi connectivity index (χ0v) is 10.8. The van der Waals surface area contributed by atoms with Gasteiger partial charge in [0.05, 0.1) is 6.54 Å². The molecular formula is C14H20N4. The van der Waals surface area contributed by atoms with Crippen LogP contribution in [0.1, 0.15) is 12.5 Å². The van der Waals surface area contributed by atoms with E-state index in [0.29, 0.717) is 6.54 Å². The van der Waals surface area contributed by atoms with Crippen LogP contribution in [0, 0.1) is 0 Å². The van der Waals surface area contributed by atoms with Gasteiger partial charge < -0.3 is 10.6 Å². The van der Waals surface area contributed by atoms with E-state index in [4.69, 9.17) is 5.73 Å². The highest BCUT2D eigenvalue weighted by Crippen LogP contribution is 2.14. The molecule has 2 aromatic rings. The Morgan fingerprint density at radius 3 is 2.61 bits per heavy atom. The van der Waals surface area contributed by atoms with Crippen LogP contribution in [0.3, 0.4) is 0 Å². The lowest BCUT2D eigenvalue weighted by Crippen LogP contribution is -2.27. The average molecular weight is 244 g/mol. The van der Waals surface area contributed by atoms with Crippen LogP contribution in [0.25, 0.3) is 0 Å². The van der Waals surface area contributed by atoms with Gasteiger partial charge in [0.25, 0.3) is 0 Å². The molecule has 0 unspecified atom stereocenters. The molecule has 96 valence electrons. The van der Waals surface area contributed by atoms with Gasteiger partial charge in [0, 0.05) is 37.7 Å². The Bertz CT molecular complexity index is 447. The number of hydrogen-bond donors (Lipinski definition) is 1. The Morgan fingerprint density at radius 1 is 1.28 bits per heavy atom. The van der Waals surface area contributed by atoms with E-state index in [1.54, 1.807) is 0 Å². The topological polar surface area (TPSA) is 47.1 Å². The molecule has 0 atom stereocenters. The number of nitrogens with two attached hydrogens (primary N) is 1. The predicted molar refractivity (Wildman–Crippen MR) is 74.4 cm³/mol. The number of hydrogen-bond acceptors (Lipinski definition) is 3. The largest absolute Gasteiger partial charge is 0.370 e. The summed E-state index contributed by atoms with van der Waals surface area (Å²) in [5, 5.41) is 4.22. The van der Waals surface area contributed by atoms with E-state index >= 15 is 0 Å². The first-order valence-corrected chi connectivity index (χ1v) is 6.35. The third-order valence-corrected chi connectivity index (χ3v) is 3.08. The van der Waals surface area contributed by atoms with Gasteiger partial charge in [-0.3, -0.25) is 4.68 Å². The molecule has 0 aliphatic carbocycles. The van der Waals surface area contributed by atoms with Crippen molar-refractivity contribution in [2.75, 3.05) is 18.0 Å².